The summed E-state index contributed by atoms with van der Waals surface area (Å²) in [5.74, 6) is 0. The van der Waals surface area contributed by atoms with Gasteiger partial charge in [-0.05, 0) is 0 Å². The average Bonchev–Trinajstić information content (AvgIpc) is 2.47. The third-order valence-electron chi connectivity index (χ3n) is 0.483. The maximum atomic E-state index is 7.75. The van der Waals surface area contributed by atoms with Gasteiger partial charge >= 0.3 is 0 Å². The van der Waals surface area contributed by atoms with E-state index >= 15 is 0 Å². The lowest BCUT2D eigenvalue weighted by molar-refractivity contribution is 0.306. The molecule has 5 N–H and O–H groups in total. The fourth-order valence-electron chi connectivity index (χ4n) is 0. The maximum absolute atomic E-state index is 7.75. The van der Waals surface area contributed by atoms with Gasteiger partial charge in [0.05, 0.1) is 6.61 Å². The molecule has 0 amide bonds. The van der Waals surface area contributed by atoms with E-state index in [4.69, 9.17) is 10.8 Å². The molecule has 1 saturated carbocycles. The standard InChI is InChI=1S/C3H6.C2H7NO.H2O/c1-2-3-1;3-1-2-4;/h1-3H2;4H,1-3H2;1H2. The van der Waals surface area contributed by atoms with Crippen LogP contribution in [0.25, 0.3) is 0 Å². The lowest BCUT2D eigenvalue weighted by Gasteiger charge is -1.71. The van der Waals surface area contributed by atoms with Crippen LogP contribution in [-0.4, -0.2) is 23.7 Å². The van der Waals surface area contributed by atoms with Gasteiger partial charge in [-0.15, -0.1) is 0 Å². The Morgan fingerprint density at radius 2 is 1.50 bits per heavy atom. The zero-order valence-corrected chi connectivity index (χ0v) is 5.06. The quantitative estimate of drug-likeness (QED) is 0.480. The van der Waals surface area contributed by atoms with E-state index in [0.29, 0.717) is 6.54 Å². The van der Waals surface area contributed by atoms with E-state index in [1.54, 1.807) is 0 Å². The van der Waals surface area contributed by atoms with Crippen LogP contribution in [0.3, 0.4) is 0 Å². The summed E-state index contributed by atoms with van der Waals surface area (Å²) in [5.41, 5.74) is 4.78. The van der Waals surface area contributed by atoms with Crippen molar-refractivity contribution in [1.29, 1.82) is 0 Å². The fraction of sp³-hybridized carbons (Fsp3) is 1.00. The van der Waals surface area contributed by atoms with Crippen molar-refractivity contribution < 1.29 is 10.6 Å². The Balaban J connectivity index is 0. The molecule has 0 aliphatic heterocycles. The molecule has 0 aromatic carbocycles. The first-order valence-electron chi connectivity index (χ1n) is 2.72. The minimum absolute atomic E-state index is 0. The van der Waals surface area contributed by atoms with Crippen LogP contribution in [0, 0.1) is 0 Å². The molecule has 0 aromatic rings. The molecule has 0 unspecified atom stereocenters. The number of hydrogen-bond donors (Lipinski definition) is 2. The normalized spacial score (nSPS) is 12.8. The fourth-order valence-corrected chi connectivity index (χ4v) is 0. The monoisotopic (exact) mass is 121 g/mol. The lowest BCUT2D eigenvalue weighted by atomic mass is 10.8. The summed E-state index contributed by atoms with van der Waals surface area (Å²) in [5, 5.41) is 7.75. The predicted octanol–water partition coefficient (Wildman–Crippen LogP) is -0.717. The smallest absolute Gasteiger partial charge is 0.0553 e. The molecule has 0 saturated heterocycles. The Hall–Kier alpha value is -0.120. The van der Waals surface area contributed by atoms with E-state index in [9.17, 15) is 0 Å². The van der Waals surface area contributed by atoms with E-state index in [2.05, 4.69) is 0 Å². The molecule has 0 aromatic heterocycles. The molecule has 1 rings (SSSR count). The van der Waals surface area contributed by atoms with Gasteiger partial charge < -0.3 is 16.3 Å². The summed E-state index contributed by atoms with van der Waals surface area (Å²) < 4.78 is 0. The first-order valence-corrected chi connectivity index (χ1v) is 2.72. The highest BCUT2D eigenvalue weighted by molar-refractivity contribution is 4.50. The van der Waals surface area contributed by atoms with Crippen LogP contribution in [0.5, 0.6) is 0 Å². The highest BCUT2D eigenvalue weighted by Crippen LogP contribution is 2.14. The molecule has 3 nitrogen and oxygen atoms in total. The lowest BCUT2D eigenvalue weighted by Crippen LogP contribution is -2.02. The van der Waals surface area contributed by atoms with Crippen molar-refractivity contribution >= 4 is 0 Å². The summed E-state index contributed by atoms with van der Waals surface area (Å²) in [6, 6.07) is 0. The van der Waals surface area contributed by atoms with Crippen molar-refractivity contribution in [2.24, 2.45) is 5.73 Å². The summed E-state index contributed by atoms with van der Waals surface area (Å²) in [6.45, 7) is 0.472. The highest BCUT2D eigenvalue weighted by atomic mass is 16.3. The Kier molecular flexibility index (Phi) is 13.5. The molecule has 1 aliphatic rings. The molecule has 0 spiro atoms. The van der Waals surface area contributed by atoms with Crippen LogP contribution in [0.1, 0.15) is 19.3 Å². The van der Waals surface area contributed by atoms with Crippen molar-refractivity contribution in [3.05, 3.63) is 0 Å². The van der Waals surface area contributed by atoms with Crippen LogP contribution < -0.4 is 5.73 Å². The molecule has 0 heterocycles. The molecule has 1 aliphatic carbocycles. The number of hydrogen-bond acceptors (Lipinski definition) is 2. The van der Waals surface area contributed by atoms with Gasteiger partial charge in [0.15, 0.2) is 0 Å². The number of aliphatic hydroxyl groups excluding tert-OH is 1. The SMILES string of the molecule is C1CC1.NCCO.O. The molecule has 0 bridgehead atoms. The first-order chi connectivity index (χ1) is 3.41. The van der Waals surface area contributed by atoms with Gasteiger partial charge in [0.25, 0.3) is 0 Å². The van der Waals surface area contributed by atoms with E-state index in [0.717, 1.165) is 0 Å². The Morgan fingerprint density at radius 1 is 1.25 bits per heavy atom. The summed E-state index contributed by atoms with van der Waals surface area (Å²) in [4.78, 5) is 0. The van der Waals surface area contributed by atoms with Crippen molar-refractivity contribution in [2.75, 3.05) is 13.2 Å². The molecular weight excluding hydrogens is 106 g/mol. The zero-order chi connectivity index (χ0) is 5.54. The van der Waals surface area contributed by atoms with Gasteiger partial charge in [-0.1, -0.05) is 19.3 Å². The number of aliphatic hydroxyl groups is 1. The highest BCUT2D eigenvalue weighted by Gasteiger charge is 1.95. The largest absolute Gasteiger partial charge is 0.412 e. The Labute approximate surface area is 49.8 Å². The second-order valence-electron chi connectivity index (χ2n) is 1.57. The first kappa shape index (κ1) is 10.8. The van der Waals surface area contributed by atoms with Gasteiger partial charge in [-0.3, -0.25) is 0 Å². The molecule has 52 valence electrons. The predicted molar refractivity (Wildman–Crippen MR) is 33.6 cm³/mol. The maximum Gasteiger partial charge on any atom is 0.0553 e. The topological polar surface area (TPSA) is 77.8 Å². The molecule has 0 atom stereocenters. The minimum Gasteiger partial charge on any atom is -0.412 e. The van der Waals surface area contributed by atoms with E-state index < -0.39 is 0 Å². The van der Waals surface area contributed by atoms with Crippen LogP contribution in [0.4, 0.5) is 0 Å². The van der Waals surface area contributed by atoms with Crippen LogP contribution in [0.15, 0.2) is 0 Å². The Morgan fingerprint density at radius 3 is 1.50 bits per heavy atom. The summed E-state index contributed by atoms with van der Waals surface area (Å²) in [7, 11) is 0. The van der Waals surface area contributed by atoms with Gasteiger partial charge in [0, 0.05) is 6.54 Å². The van der Waals surface area contributed by atoms with Crippen molar-refractivity contribution in [2.45, 2.75) is 19.3 Å². The average molecular weight is 121 g/mol. The zero-order valence-electron chi connectivity index (χ0n) is 5.06. The van der Waals surface area contributed by atoms with Gasteiger partial charge in [-0.2, -0.15) is 0 Å². The molecule has 3 heteroatoms. The second kappa shape index (κ2) is 9.99. The molecule has 8 heavy (non-hydrogen) atoms. The van der Waals surface area contributed by atoms with Crippen LogP contribution in [0.2, 0.25) is 0 Å². The van der Waals surface area contributed by atoms with Gasteiger partial charge in [-0.25, -0.2) is 0 Å². The van der Waals surface area contributed by atoms with Crippen molar-refractivity contribution in [1.82, 2.24) is 0 Å². The number of nitrogens with two attached hydrogens (primary N) is 1. The van der Waals surface area contributed by atoms with Gasteiger partial charge in [0.1, 0.15) is 0 Å². The van der Waals surface area contributed by atoms with Crippen LogP contribution >= 0.6 is 0 Å². The molecule has 1 fully saturated rings. The van der Waals surface area contributed by atoms with E-state index in [1.807, 2.05) is 0 Å². The second-order valence-corrected chi connectivity index (χ2v) is 1.57. The minimum atomic E-state index is 0. The van der Waals surface area contributed by atoms with E-state index in [-0.39, 0.29) is 12.1 Å². The Bertz CT molecular complexity index is 26.9. The summed E-state index contributed by atoms with van der Waals surface area (Å²) in [6.07, 6.45) is 4.50. The molecule has 0 radical (unpaired) electrons. The van der Waals surface area contributed by atoms with Crippen molar-refractivity contribution in [3.8, 4) is 0 Å². The third-order valence-corrected chi connectivity index (χ3v) is 0.483. The summed E-state index contributed by atoms with van der Waals surface area (Å²) >= 11 is 0. The number of rotatable bonds is 1. The molecular formula is C5H15NO2. The van der Waals surface area contributed by atoms with Crippen LogP contribution in [-0.2, 0) is 0 Å². The van der Waals surface area contributed by atoms with Gasteiger partial charge in [0.2, 0.25) is 0 Å². The third kappa shape index (κ3) is 39.6. The van der Waals surface area contributed by atoms with Crippen molar-refractivity contribution in [3.63, 3.8) is 0 Å². The van der Waals surface area contributed by atoms with E-state index in [1.165, 1.54) is 19.3 Å².